The van der Waals surface area contributed by atoms with Crippen LogP contribution >= 0.6 is 24.8 Å². The Hall–Kier alpha value is 0.0883. The van der Waals surface area contributed by atoms with E-state index in [2.05, 4.69) is 4.98 Å². The molecule has 0 saturated heterocycles. The molecule has 0 atom stereocenters. The third-order valence-electron chi connectivity index (χ3n) is 0.769. The number of hydrogen-bond donors (Lipinski definition) is 0. The number of aromatic nitrogens is 1. The van der Waals surface area contributed by atoms with Crippen molar-refractivity contribution in [3.63, 3.8) is 0 Å². The van der Waals surface area contributed by atoms with Crippen molar-refractivity contribution in [2.75, 3.05) is 0 Å². The number of hydrogen-bond acceptors (Lipinski definition) is 2. The van der Waals surface area contributed by atoms with Crippen molar-refractivity contribution in [3.05, 3.63) is 30.1 Å². The molecule has 0 amide bonds. The maximum absolute atomic E-state index is 9.82. The molecule has 0 unspecified atom stereocenters. The van der Waals surface area contributed by atoms with Crippen LogP contribution in [0.3, 0.4) is 0 Å². The quantitative estimate of drug-likeness (QED) is 0.696. The van der Waals surface area contributed by atoms with Crippen LogP contribution in [0.25, 0.3) is 0 Å². The molecule has 0 radical (unpaired) electrons. The van der Waals surface area contributed by atoms with E-state index in [1.165, 1.54) is 0 Å². The van der Waals surface area contributed by atoms with E-state index >= 15 is 0 Å². The predicted octanol–water partition coefficient (Wildman–Crippen LogP) is 1.38. The summed E-state index contributed by atoms with van der Waals surface area (Å²) in [6.45, 7) is 0. The Labute approximate surface area is 91.9 Å². The fourth-order valence-corrected chi connectivity index (χ4v) is 0.423. The van der Waals surface area contributed by atoms with E-state index in [9.17, 15) is 4.79 Å². The third-order valence-corrected chi connectivity index (χ3v) is 0.769. The molecule has 1 heterocycles. The molecular weight excluding hydrogens is 368 g/mol. The van der Waals surface area contributed by atoms with Crippen molar-refractivity contribution in [1.29, 1.82) is 0 Å². The molecule has 0 spiro atoms. The van der Waals surface area contributed by atoms with Crippen LogP contribution in [0.1, 0.15) is 5.69 Å². The van der Waals surface area contributed by atoms with Crippen molar-refractivity contribution in [1.82, 2.24) is 4.98 Å². The third kappa shape index (κ3) is 6.48. The zero-order chi connectivity index (χ0) is 5.82. The molecule has 1 rings (SSSR count). The molecular formula is C6H6Cl2NOPt-. The minimum atomic E-state index is 0. The van der Waals surface area contributed by atoms with Gasteiger partial charge in [0.15, 0.2) is 0 Å². The summed E-state index contributed by atoms with van der Waals surface area (Å²) in [4.78, 5) is 13.5. The Kier molecular flexibility index (Phi) is 15.8. The topological polar surface area (TPSA) is 30.0 Å². The standard InChI is InChI=1S/C6H4NO.2ClH.Pt/c8-5-6-3-1-2-4-7-6;;;/h1-4H;2*1H;/q-1;;;. The van der Waals surface area contributed by atoms with E-state index in [1.54, 1.807) is 30.7 Å². The molecule has 0 saturated carbocycles. The molecule has 1 aromatic heterocycles. The summed E-state index contributed by atoms with van der Waals surface area (Å²) in [6.07, 6.45) is 3.22. The predicted molar refractivity (Wildman–Crippen MR) is 43.5 cm³/mol. The van der Waals surface area contributed by atoms with Crippen molar-refractivity contribution in [3.8, 4) is 0 Å². The van der Waals surface area contributed by atoms with E-state index in [-0.39, 0.29) is 45.9 Å². The average molecular weight is 374 g/mol. The van der Waals surface area contributed by atoms with Gasteiger partial charge in [-0.25, -0.2) is 0 Å². The Morgan fingerprint density at radius 3 is 2.18 bits per heavy atom. The molecule has 0 aliphatic rings. The number of rotatable bonds is 1. The van der Waals surface area contributed by atoms with E-state index < -0.39 is 0 Å². The Morgan fingerprint density at radius 2 is 1.91 bits per heavy atom. The summed E-state index contributed by atoms with van der Waals surface area (Å²) in [7, 11) is 0. The first-order chi connectivity index (χ1) is 3.93. The first kappa shape index (κ1) is 17.2. The van der Waals surface area contributed by atoms with E-state index in [4.69, 9.17) is 0 Å². The maximum atomic E-state index is 9.82. The maximum Gasteiger partial charge on any atom is 0.0223 e. The molecule has 11 heavy (non-hydrogen) atoms. The van der Waals surface area contributed by atoms with Gasteiger partial charge < -0.3 is 4.79 Å². The van der Waals surface area contributed by atoms with Crippen LogP contribution in [-0.2, 0) is 25.9 Å². The van der Waals surface area contributed by atoms with E-state index in [0.717, 1.165) is 0 Å². The summed E-state index contributed by atoms with van der Waals surface area (Å²) in [5, 5.41) is 0. The molecule has 0 aromatic carbocycles. The van der Waals surface area contributed by atoms with Crippen LogP contribution in [0, 0.1) is 0 Å². The Bertz CT molecular complexity index is 183. The first-order valence-corrected chi connectivity index (χ1v) is 2.22. The number of halogens is 2. The largest absolute Gasteiger partial charge is 0.417 e. The van der Waals surface area contributed by atoms with Gasteiger partial charge >= 0.3 is 0 Å². The second kappa shape index (κ2) is 10.1. The second-order valence-electron chi connectivity index (χ2n) is 1.32. The van der Waals surface area contributed by atoms with Gasteiger partial charge in [0.2, 0.25) is 0 Å². The van der Waals surface area contributed by atoms with Crippen LogP contribution in [0.4, 0.5) is 0 Å². The summed E-state index contributed by atoms with van der Waals surface area (Å²) in [5.74, 6) is 0. The zero-order valence-electron chi connectivity index (χ0n) is 5.30. The minimum absolute atomic E-state index is 0. The van der Waals surface area contributed by atoms with Gasteiger partial charge in [-0.15, -0.1) is 30.9 Å². The number of pyridine rings is 1. The SMILES string of the molecule is Cl.Cl.O=[C-]c1ccccn1.[Pt]. The molecule has 66 valence electrons. The van der Waals surface area contributed by atoms with Crippen LogP contribution < -0.4 is 0 Å². The monoisotopic (exact) mass is 373 g/mol. The van der Waals surface area contributed by atoms with Gasteiger partial charge in [-0.2, -0.15) is 6.07 Å². The Balaban J connectivity index is -0.000000213. The molecule has 0 fully saturated rings. The van der Waals surface area contributed by atoms with Gasteiger partial charge in [0.25, 0.3) is 0 Å². The molecule has 0 aliphatic heterocycles. The van der Waals surface area contributed by atoms with Gasteiger partial charge in [-0.1, -0.05) is 11.8 Å². The molecule has 1 aromatic rings. The number of nitrogens with zero attached hydrogens (tertiary/aromatic N) is 1. The molecule has 0 bridgehead atoms. The molecule has 2 nitrogen and oxygen atoms in total. The number of carbonyl (C=O) groups excluding carboxylic acids is 1. The summed E-state index contributed by atoms with van der Waals surface area (Å²) in [6, 6.07) is 5.10. The van der Waals surface area contributed by atoms with Crippen LogP contribution in [-0.4, -0.2) is 11.3 Å². The van der Waals surface area contributed by atoms with Gasteiger partial charge in [0.05, 0.1) is 0 Å². The van der Waals surface area contributed by atoms with Gasteiger partial charge in [0, 0.05) is 33.5 Å². The zero-order valence-corrected chi connectivity index (χ0v) is 9.20. The smallest absolute Gasteiger partial charge is 0.0223 e. The summed E-state index contributed by atoms with van der Waals surface area (Å²) < 4.78 is 0. The molecule has 0 aliphatic carbocycles. The minimum Gasteiger partial charge on any atom is -0.417 e. The molecule has 5 heteroatoms. The fraction of sp³-hybridized carbons (Fsp3) is 0. The summed E-state index contributed by atoms with van der Waals surface area (Å²) >= 11 is 0. The van der Waals surface area contributed by atoms with Crippen molar-refractivity contribution >= 4 is 31.1 Å². The van der Waals surface area contributed by atoms with Crippen molar-refractivity contribution in [2.45, 2.75) is 0 Å². The second-order valence-corrected chi connectivity index (χ2v) is 1.32. The van der Waals surface area contributed by atoms with Crippen LogP contribution in [0.2, 0.25) is 0 Å². The van der Waals surface area contributed by atoms with Crippen LogP contribution in [0.5, 0.6) is 0 Å². The van der Waals surface area contributed by atoms with Crippen molar-refractivity contribution < 1.29 is 25.9 Å². The average Bonchev–Trinajstić information content (AvgIpc) is 1.90. The normalized spacial score (nSPS) is 6.18. The summed E-state index contributed by atoms with van der Waals surface area (Å²) in [5.41, 5.74) is 0.354. The molecule has 0 N–H and O–H groups in total. The van der Waals surface area contributed by atoms with Gasteiger partial charge in [-0.05, 0) is 0 Å². The van der Waals surface area contributed by atoms with Gasteiger partial charge in [0.1, 0.15) is 0 Å². The van der Waals surface area contributed by atoms with Crippen molar-refractivity contribution in [2.24, 2.45) is 0 Å². The van der Waals surface area contributed by atoms with E-state index in [0.29, 0.717) is 5.69 Å². The first-order valence-electron chi connectivity index (χ1n) is 2.22. The van der Waals surface area contributed by atoms with E-state index in [1.807, 2.05) is 0 Å². The Morgan fingerprint density at radius 1 is 1.27 bits per heavy atom. The fourth-order valence-electron chi connectivity index (χ4n) is 0.423. The van der Waals surface area contributed by atoms with Crippen LogP contribution in [0.15, 0.2) is 24.4 Å². The van der Waals surface area contributed by atoms with Gasteiger partial charge in [-0.3, -0.25) is 4.98 Å².